The van der Waals surface area contributed by atoms with Crippen molar-refractivity contribution in [3.05, 3.63) is 0 Å². The van der Waals surface area contributed by atoms with Gasteiger partial charge in [0.1, 0.15) is 6.10 Å². The molecule has 0 aromatic carbocycles. The van der Waals surface area contributed by atoms with Crippen LogP contribution in [0.5, 0.6) is 0 Å². The van der Waals surface area contributed by atoms with Crippen LogP contribution in [-0.2, 0) is 9.53 Å². The highest BCUT2D eigenvalue weighted by Crippen LogP contribution is 2.25. The zero-order valence-electron chi connectivity index (χ0n) is 10.0. The molecule has 3 heteroatoms. The molecule has 1 aliphatic carbocycles. The average Bonchev–Trinajstić information content (AvgIpc) is 2.18. The van der Waals surface area contributed by atoms with Crippen LogP contribution in [0.1, 0.15) is 46.5 Å². The van der Waals surface area contributed by atoms with Gasteiger partial charge >= 0.3 is 5.97 Å². The van der Waals surface area contributed by atoms with Crippen molar-refractivity contribution < 1.29 is 9.53 Å². The van der Waals surface area contributed by atoms with Crippen molar-refractivity contribution in [3.8, 4) is 0 Å². The number of nitrogens with two attached hydrogens (primary N) is 1. The summed E-state index contributed by atoms with van der Waals surface area (Å²) in [7, 11) is 0. The van der Waals surface area contributed by atoms with E-state index in [2.05, 4.69) is 13.8 Å². The number of hydrogen-bond acceptors (Lipinski definition) is 3. The first kappa shape index (κ1) is 12.5. The Labute approximate surface area is 92.4 Å². The standard InChI is InChI=1S/C12H23NO2/c1-8(2)9(3)15-12(14)10-4-6-11(13)7-5-10/h8-11H,4-7,13H2,1-3H3. The zero-order chi connectivity index (χ0) is 11.4. The molecule has 1 rings (SSSR count). The summed E-state index contributed by atoms with van der Waals surface area (Å²) in [6.45, 7) is 6.08. The van der Waals surface area contributed by atoms with Gasteiger partial charge in [0, 0.05) is 6.04 Å². The normalized spacial score (nSPS) is 28.9. The number of esters is 1. The molecule has 0 aromatic rings. The molecule has 0 aliphatic heterocycles. The van der Waals surface area contributed by atoms with E-state index < -0.39 is 0 Å². The highest BCUT2D eigenvalue weighted by atomic mass is 16.5. The topological polar surface area (TPSA) is 52.3 Å². The number of ether oxygens (including phenoxy) is 1. The van der Waals surface area contributed by atoms with Crippen LogP contribution in [0, 0.1) is 11.8 Å². The van der Waals surface area contributed by atoms with Crippen LogP contribution in [0.15, 0.2) is 0 Å². The van der Waals surface area contributed by atoms with Crippen molar-refractivity contribution in [1.82, 2.24) is 0 Å². The minimum Gasteiger partial charge on any atom is -0.462 e. The third-order valence-corrected chi connectivity index (χ3v) is 3.35. The smallest absolute Gasteiger partial charge is 0.309 e. The van der Waals surface area contributed by atoms with Crippen LogP contribution in [0.3, 0.4) is 0 Å². The van der Waals surface area contributed by atoms with Crippen molar-refractivity contribution in [2.45, 2.75) is 58.6 Å². The number of carbonyl (C=O) groups is 1. The SMILES string of the molecule is CC(C)C(C)OC(=O)C1CCC(N)CC1. The van der Waals surface area contributed by atoms with Gasteiger partial charge < -0.3 is 10.5 Å². The first-order valence-electron chi connectivity index (χ1n) is 5.96. The second kappa shape index (κ2) is 5.50. The molecule has 1 atom stereocenters. The van der Waals surface area contributed by atoms with E-state index in [1.807, 2.05) is 6.92 Å². The van der Waals surface area contributed by atoms with Gasteiger partial charge in [-0.3, -0.25) is 4.79 Å². The van der Waals surface area contributed by atoms with Crippen molar-refractivity contribution in [1.29, 1.82) is 0 Å². The molecule has 0 heterocycles. The molecule has 3 nitrogen and oxygen atoms in total. The maximum Gasteiger partial charge on any atom is 0.309 e. The summed E-state index contributed by atoms with van der Waals surface area (Å²) in [5.74, 6) is 0.453. The minimum atomic E-state index is -0.0249. The second-order valence-corrected chi connectivity index (χ2v) is 5.00. The van der Waals surface area contributed by atoms with E-state index in [9.17, 15) is 4.79 Å². The molecular formula is C12H23NO2. The Morgan fingerprint density at radius 1 is 1.20 bits per heavy atom. The monoisotopic (exact) mass is 213 g/mol. The van der Waals surface area contributed by atoms with Gasteiger partial charge in [-0.05, 0) is 38.5 Å². The molecule has 0 amide bonds. The number of hydrogen-bond donors (Lipinski definition) is 1. The lowest BCUT2D eigenvalue weighted by Crippen LogP contribution is -2.32. The molecule has 88 valence electrons. The molecule has 0 saturated heterocycles. The van der Waals surface area contributed by atoms with Crippen LogP contribution >= 0.6 is 0 Å². The van der Waals surface area contributed by atoms with E-state index in [0.717, 1.165) is 25.7 Å². The largest absolute Gasteiger partial charge is 0.462 e. The summed E-state index contributed by atoms with van der Waals surface area (Å²) < 4.78 is 5.41. The van der Waals surface area contributed by atoms with E-state index in [1.165, 1.54) is 0 Å². The van der Waals surface area contributed by atoms with Crippen LogP contribution in [0.2, 0.25) is 0 Å². The van der Waals surface area contributed by atoms with E-state index >= 15 is 0 Å². The lowest BCUT2D eigenvalue weighted by molar-refractivity contribution is -0.156. The highest BCUT2D eigenvalue weighted by molar-refractivity contribution is 5.72. The summed E-state index contributed by atoms with van der Waals surface area (Å²) in [5.41, 5.74) is 5.79. The summed E-state index contributed by atoms with van der Waals surface area (Å²) in [4.78, 5) is 11.8. The fourth-order valence-corrected chi connectivity index (χ4v) is 1.77. The Hall–Kier alpha value is -0.570. The van der Waals surface area contributed by atoms with Crippen LogP contribution in [0.25, 0.3) is 0 Å². The van der Waals surface area contributed by atoms with Crippen molar-refractivity contribution >= 4 is 5.97 Å². The predicted octanol–water partition coefficient (Wildman–Crippen LogP) is 2.09. The molecular weight excluding hydrogens is 190 g/mol. The Morgan fingerprint density at radius 3 is 2.20 bits per heavy atom. The number of carbonyl (C=O) groups excluding carboxylic acids is 1. The van der Waals surface area contributed by atoms with Gasteiger partial charge in [-0.2, -0.15) is 0 Å². The first-order chi connectivity index (χ1) is 7.00. The quantitative estimate of drug-likeness (QED) is 0.730. The van der Waals surface area contributed by atoms with Crippen LogP contribution in [0.4, 0.5) is 0 Å². The maximum atomic E-state index is 11.8. The summed E-state index contributed by atoms with van der Waals surface area (Å²) in [6.07, 6.45) is 3.72. The van der Waals surface area contributed by atoms with Crippen molar-refractivity contribution in [3.63, 3.8) is 0 Å². The van der Waals surface area contributed by atoms with Crippen molar-refractivity contribution in [2.24, 2.45) is 17.6 Å². The predicted molar refractivity (Wildman–Crippen MR) is 60.3 cm³/mol. The Bertz CT molecular complexity index is 208. The van der Waals surface area contributed by atoms with E-state index in [4.69, 9.17) is 10.5 Å². The van der Waals surface area contributed by atoms with Gasteiger partial charge in [0.2, 0.25) is 0 Å². The fraction of sp³-hybridized carbons (Fsp3) is 0.917. The van der Waals surface area contributed by atoms with Gasteiger partial charge in [0.15, 0.2) is 0 Å². The second-order valence-electron chi connectivity index (χ2n) is 5.00. The van der Waals surface area contributed by atoms with Gasteiger partial charge in [-0.1, -0.05) is 13.8 Å². The molecule has 15 heavy (non-hydrogen) atoms. The third-order valence-electron chi connectivity index (χ3n) is 3.35. The van der Waals surface area contributed by atoms with E-state index in [0.29, 0.717) is 5.92 Å². The summed E-state index contributed by atoms with van der Waals surface area (Å²) >= 11 is 0. The first-order valence-corrected chi connectivity index (χ1v) is 5.96. The zero-order valence-corrected chi connectivity index (χ0v) is 10.0. The van der Waals surface area contributed by atoms with Gasteiger partial charge in [-0.15, -0.1) is 0 Å². The van der Waals surface area contributed by atoms with Gasteiger partial charge in [0.25, 0.3) is 0 Å². The molecule has 0 aromatic heterocycles. The molecule has 1 fully saturated rings. The molecule has 1 saturated carbocycles. The van der Waals surface area contributed by atoms with Gasteiger partial charge in [0.05, 0.1) is 5.92 Å². The average molecular weight is 213 g/mol. The molecule has 0 radical (unpaired) electrons. The maximum absolute atomic E-state index is 11.8. The Balaban J connectivity index is 2.34. The molecule has 1 aliphatic rings. The van der Waals surface area contributed by atoms with Gasteiger partial charge in [-0.25, -0.2) is 0 Å². The van der Waals surface area contributed by atoms with E-state index in [1.54, 1.807) is 0 Å². The van der Waals surface area contributed by atoms with Crippen LogP contribution < -0.4 is 5.73 Å². The van der Waals surface area contributed by atoms with E-state index in [-0.39, 0.29) is 24.0 Å². The fourth-order valence-electron chi connectivity index (χ4n) is 1.77. The lowest BCUT2D eigenvalue weighted by Gasteiger charge is -2.26. The minimum absolute atomic E-state index is 0.0214. The Kier molecular flexibility index (Phi) is 4.58. The molecule has 0 spiro atoms. The molecule has 0 bridgehead atoms. The molecule has 2 N–H and O–H groups in total. The lowest BCUT2D eigenvalue weighted by atomic mass is 9.86. The van der Waals surface area contributed by atoms with Crippen molar-refractivity contribution in [2.75, 3.05) is 0 Å². The highest BCUT2D eigenvalue weighted by Gasteiger charge is 2.27. The third kappa shape index (κ3) is 3.82. The Morgan fingerprint density at radius 2 is 1.73 bits per heavy atom. The molecule has 1 unspecified atom stereocenters. The number of rotatable bonds is 3. The van der Waals surface area contributed by atoms with Crippen LogP contribution in [-0.4, -0.2) is 18.1 Å². The summed E-state index contributed by atoms with van der Waals surface area (Å²) in [6, 6.07) is 0.288. The summed E-state index contributed by atoms with van der Waals surface area (Å²) in [5, 5.41) is 0.